The molecule has 0 unspecified atom stereocenters. The number of esters is 1. The summed E-state index contributed by atoms with van der Waals surface area (Å²) in [5, 5.41) is 17.4. The van der Waals surface area contributed by atoms with Crippen LogP contribution < -0.4 is 4.90 Å². The molecule has 4 rings (SSSR count). The van der Waals surface area contributed by atoms with Crippen LogP contribution >= 0.6 is 22.7 Å². The Balaban J connectivity index is 1.62. The number of aryl methyl sites for hydroxylation is 1. The Kier molecular flexibility index (Phi) is 5.65. The van der Waals surface area contributed by atoms with Gasteiger partial charge in [-0.05, 0) is 18.4 Å². The smallest absolute Gasteiger partial charge is 0.309 e. The topological polar surface area (TPSA) is 81.2 Å². The van der Waals surface area contributed by atoms with Gasteiger partial charge in [-0.25, -0.2) is 4.98 Å². The van der Waals surface area contributed by atoms with Crippen molar-refractivity contribution >= 4 is 33.6 Å². The molecule has 0 spiro atoms. The molecule has 0 saturated carbocycles. The fourth-order valence-corrected chi connectivity index (χ4v) is 5.99. The van der Waals surface area contributed by atoms with Gasteiger partial charge < -0.3 is 14.7 Å². The lowest BCUT2D eigenvalue weighted by Gasteiger charge is -2.33. The maximum absolute atomic E-state index is 12.1. The van der Waals surface area contributed by atoms with Gasteiger partial charge in [-0.2, -0.15) is 4.52 Å². The second-order valence-electron chi connectivity index (χ2n) is 7.00. The molecule has 0 aromatic carbocycles. The summed E-state index contributed by atoms with van der Waals surface area (Å²) in [7, 11) is 0. The van der Waals surface area contributed by atoms with E-state index in [1.165, 1.54) is 21.1 Å². The van der Waals surface area contributed by atoms with E-state index in [-0.39, 0.29) is 23.8 Å². The van der Waals surface area contributed by atoms with Crippen LogP contribution in [-0.2, 0) is 16.0 Å². The van der Waals surface area contributed by atoms with Crippen LogP contribution in [0.25, 0.3) is 4.96 Å². The Morgan fingerprint density at radius 1 is 1.43 bits per heavy atom. The second-order valence-corrected chi connectivity index (χ2v) is 8.99. The highest BCUT2D eigenvalue weighted by Crippen LogP contribution is 2.36. The summed E-state index contributed by atoms with van der Waals surface area (Å²) in [5.74, 6) is 0.827. The fourth-order valence-electron chi connectivity index (χ4n) is 3.87. The molecule has 9 heteroatoms. The van der Waals surface area contributed by atoms with Crippen molar-refractivity contribution in [3.63, 3.8) is 0 Å². The lowest BCUT2D eigenvalue weighted by atomic mass is 9.95. The minimum Gasteiger partial charge on any atom is -0.492 e. The monoisotopic (exact) mass is 421 g/mol. The van der Waals surface area contributed by atoms with Gasteiger partial charge in [0.2, 0.25) is 10.8 Å². The van der Waals surface area contributed by atoms with Crippen LogP contribution in [0.15, 0.2) is 17.5 Å². The van der Waals surface area contributed by atoms with Gasteiger partial charge in [-0.3, -0.25) is 4.79 Å². The summed E-state index contributed by atoms with van der Waals surface area (Å²) in [6, 6.07) is 4.19. The molecule has 1 saturated heterocycles. The first-order valence-electron chi connectivity index (χ1n) is 9.74. The van der Waals surface area contributed by atoms with Gasteiger partial charge in [0.1, 0.15) is 4.88 Å². The quantitative estimate of drug-likeness (QED) is 0.596. The molecule has 1 atom stereocenters. The van der Waals surface area contributed by atoms with Crippen LogP contribution in [0.4, 0.5) is 0 Å². The molecule has 2 N–H and O–H groups in total. The van der Waals surface area contributed by atoms with E-state index in [9.17, 15) is 9.90 Å². The molecular formula is C19H25N4O3S2+. The number of carbonyl (C=O) groups excluding carboxylic acids is 1. The Morgan fingerprint density at radius 2 is 2.21 bits per heavy atom. The summed E-state index contributed by atoms with van der Waals surface area (Å²) < 4.78 is 6.76. The van der Waals surface area contributed by atoms with Gasteiger partial charge in [0.05, 0.1) is 30.5 Å². The minimum atomic E-state index is -0.0806. The third kappa shape index (κ3) is 3.54. The fraction of sp³-hybridized carbons (Fsp3) is 0.526. The van der Waals surface area contributed by atoms with Gasteiger partial charge in [-0.1, -0.05) is 24.3 Å². The van der Waals surface area contributed by atoms with Gasteiger partial charge in [-0.15, -0.1) is 16.4 Å². The highest BCUT2D eigenvalue weighted by Gasteiger charge is 2.37. The lowest BCUT2D eigenvalue weighted by molar-refractivity contribution is -0.930. The number of thiophene rings is 1. The number of quaternary nitrogens is 1. The molecule has 4 heterocycles. The van der Waals surface area contributed by atoms with E-state index >= 15 is 0 Å². The number of piperidine rings is 1. The SMILES string of the molecule is CCOC(=O)C1CC[NH+]([C@@H](c2cccs2)c2sc3nc(CC)nn3c2O)CC1. The molecule has 0 aliphatic carbocycles. The Hall–Kier alpha value is -1.97. The zero-order valence-corrected chi connectivity index (χ0v) is 17.7. The number of likely N-dealkylation sites (tertiary alicyclic amines) is 1. The number of hydrogen-bond donors (Lipinski definition) is 2. The molecule has 7 nitrogen and oxygen atoms in total. The van der Waals surface area contributed by atoms with Crippen LogP contribution in [0.3, 0.4) is 0 Å². The number of nitrogens with zero attached hydrogens (tertiary/aromatic N) is 3. The zero-order valence-electron chi connectivity index (χ0n) is 16.1. The summed E-state index contributed by atoms with van der Waals surface area (Å²) in [5.41, 5.74) is 0. The number of fused-ring (bicyclic) bond motifs is 1. The second kappa shape index (κ2) is 8.18. The number of ether oxygens (including phenoxy) is 1. The number of aromatic hydroxyl groups is 1. The first-order valence-corrected chi connectivity index (χ1v) is 11.4. The van der Waals surface area contributed by atoms with Crippen molar-refractivity contribution in [1.82, 2.24) is 14.6 Å². The van der Waals surface area contributed by atoms with Crippen molar-refractivity contribution in [3.05, 3.63) is 33.1 Å². The highest BCUT2D eigenvalue weighted by molar-refractivity contribution is 7.17. The van der Waals surface area contributed by atoms with E-state index in [0.29, 0.717) is 6.61 Å². The number of carbonyl (C=O) groups is 1. The van der Waals surface area contributed by atoms with Crippen LogP contribution in [0.5, 0.6) is 5.88 Å². The number of hydrogen-bond acceptors (Lipinski definition) is 7. The Morgan fingerprint density at radius 3 is 2.82 bits per heavy atom. The van der Waals surface area contributed by atoms with Crippen molar-refractivity contribution in [2.75, 3.05) is 19.7 Å². The number of aromatic nitrogens is 3. The summed E-state index contributed by atoms with van der Waals surface area (Å²) in [6.07, 6.45) is 2.35. The largest absolute Gasteiger partial charge is 0.492 e. The average molecular weight is 422 g/mol. The molecule has 150 valence electrons. The predicted molar refractivity (Wildman–Crippen MR) is 108 cm³/mol. The van der Waals surface area contributed by atoms with Crippen LogP contribution in [0.2, 0.25) is 0 Å². The molecule has 1 aliphatic heterocycles. The van der Waals surface area contributed by atoms with Crippen molar-refractivity contribution < 1.29 is 19.5 Å². The molecule has 0 amide bonds. The van der Waals surface area contributed by atoms with E-state index in [2.05, 4.69) is 21.5 Å². The maximum atomic E-state index is 12.1. The number of nitrogens with one attached hydrogen (secondary N) is 1. The van der Waals surface area contributed by atoms with Crippen LogP contribution in [-0.4, -0.2) is 45.4 Å². The molecule has 3 aromatic rings. The van der Waals surface area contributed by atoms with Crippen molar-refractivity contribution in [3.8, 4) is 5.88 Å². The summed E-state index contributed by atoms with van der Waals surface area (Å²) in [4.78, 5) is 20.8. The first kappa shape index (κ1) is 19.4. The Bertz CT molecular complexity index is 942. The van der Waals surface area contributed by atoms with Crippen molar-refractivity contribution in [2.24, 2.45) is 5.92 Å². The zero-order chi connectivity index (χ0) is 19.7. The standard InChI is InChI=1S/C19H24N4O3S2/c1-3-14-20-19-23(21-14)17(24)16(28-19)15(13-6-5-11-27-13)22-9-7-12(8-10-22)18(25)26-4-2/h5-6,11-12,15,24H,3-4,7-10H2,1-2H3/p+1/t15-/m0/s1. The van der Waals surface area contributed by atoms with E-state index in [1.807, 2.05) is 19.9 Å². The Labute approximate surface area is 171 Å². The lowest BCUT2D eigenvalue weighted by Crippen LogP contribution is -3.13. The highest BCUT2D eigenvalue weighted by atomic mass is 32.1. The van der Waals surface area contributed by atoms with Gasteiger partial charge in [0.25, 0.3) is 0 Å². The molecule has 28 heavy (non-hydrogen) atoms. The van der Waals surface area contributed by atoms with Crippen LogP contribution in [0.1, 0.15) is 48.3 Å². The third-order valence-electron chi connectivity index (χ3n) is 5.31. The normalized spacial score (nSPS) is 21.1. The minimum absolute atomic E-state index is 0.0179. The molecule has 0 radical (unpaired) electrons. The van der Waals surface area contributed by atoms with E-state index in [0.717, 1.165) is 48.0 Å². The summed E-state index contributed by atoms with van der Waals surface area (Å²) >= 11 is 3.21. The van der Waals surface area contributed by atoms with Crippen molar-refractivity contribution in [1.29, 1.82) is 0 Å². The maximum Gasteiger partial charge on any atom is 0.309 e. The van der Waals surface area contributed by atoms with Crippen LogP contribution in [0, 0.1) is 5.92 Å². The number of thiazole rings is 1. The van der Waals surface area contributed by atoms with Gasteiger partial charge >= 0.3 is 5.97 Å². The molecular weight excluding hydrogens is 396 g/mol. The predicted octanol–water partition coefficient (Wildman–Crippen LogP) is 2.07. The number of rotatable bonds is 6. The average Bonchev–Trinajstić information content (AvgIpc) is 3.42. The van der Waals surface area contributed by atoms with Gasteiger partial charge in [0.15, 0.2) is 11.9 Å². The first-order chi connectivity index (χ1) is 13.6. The van der Waals surface area contributed by atoms with E-state index in [4.69, 9.17) is 4.74 Å². The van der Waals surface area contributed by atoms with E-state index in [1.54, 1.807) is 15.9 Å². The van der Waals surface area contributed by atoms with Crippen molar-refractivity contribution in [2.45, 2.75) is 39.2 Å². The summed E-state index contributed by atoms with van der Waals surface area (Å²) in [6.45, 7) is 6.00. The molecule has 1 aliphatic rings. The third-order valence-corrected chi connectivity index (χ3v) is 7.33. The van der Waals surface area contributed by atoms with E-state index < -0.39 is 0 Å². The molecule has 3 aromatic heterocycles. The van der Waals surface area contributed by atoms with Gasteiger partial charge in [0, 0.05) is 19.3 Å². The molecule has 0 bridgehead atoms. The molecule has 1 fully saturated rings.